The van der Waals surface area contributed by atoms with Crippen molar-refractivity contribution in [1.29, 1.82) is 0 Å². The van der Waals surface area contributed by atoms with E-state index in [-0.39, 0.29) is 11.9 Å². The van der Waals surface area contributed by atoms with E-state index >= 15 is 0 Å². The van der Waals surface area contributed by atoms with Gasteiger partial charge in [-0.25, -0.2) is 0 Å². The van der Waals surface area contributed by atoms with Gasteiger partial charge in [0.25, 0.3) is 5.91 Å². The average Bonchev–Trinajstić information content (AvgIpc) is 2.61. The van der Waals surface area contributed by atoms with E-state index in [0.717, 1.165) is 42.7 Å². The Morgan fingerprint density at radius 3 is 2.57 bits per heavy atom. The lowest BCUT2D eigenvalue weighted by Gasteiger charge is -2.37. The molecule has 1 amide bonds. The predicted octanol–water partition coefficient (Wildman–Crippen LogP) is 4.23. The molecule has 0 bridgehead atoms. The van der Waals surface area contributed by atoms with Crippen molar-refractivity contribution in [3.8, 4) is 5.75 Å². The Labute approximate surface area is 137 Å². The van der Waals surface area contributed by atoms with Gasteiger partial charge in [0, 0.05) is 12.1 Å². The number of hydrogen-bond donors (Lipinski definition) is 0. The summed E-state index contributed by atoms with van der Waals surface area (Å²) in [6, 6.07) is 16.2. The van der Waals surface area contributed by atoms with Gasteiger partial charge in [-0.15, -0.1) is 0 Å². The van der Waals surface area contributed by atoms with Crippen LogP contribution in [-0.4, -0.2) is 24.5 Å². The van der Waals surface area contributed by atoms with Crippen molar-refractivity contribution in [2.75, 3.05) is 13.7 Å². The van der Waals surface area contributed by atoms with Crippen molar-refractivity contribution < 1.29 is 9.53 Å². The summed E-state index contributed by atoms with van der Waals surface area (Å²) in [7, 11) is 1.67. The van der Waals surface area contributed by atoms with Crippen molar-refractivity contribution in [3.63, 3.8) is 0 Å². The van der Waals surface area contributed by atoms with Gasteiger partial charge in [-0.3, -0.25) is 4.79 Å². The Morgan fingerprint density at radius 1 is 1.13 bits per heavy atom. The number of hydrogen-bond acceptors (Lipinski definition) is 2. The second kappa shape index (κ2) is 6.86. The smallest absolute Gasteiger partial charge is 0.254 e. The maximum absolute atomic E-state index is 12.9. The van der Waals surface area contributed by atoms with Crippen LogP contribution in [0.5, 0.6) is 5.75 Å². The monoisotopic (exact) mass is 309 g/mol. The second-order valence-electron chi connectivity index (χ2n) is 6.00. The van der Waals surface area contributed by atoms with E-state index in [2.05, 4.69) is 25.1 Å². The Kier molecular flexibility index (Phi) is 4.65. The molecule has 1 aliphatic rings. The Hall–Kier alpha value is -2.29. The molecular weight excluding hydrogens is 286 g/mol. The quantitative estimate of drug-likeness (QED) is 0.827. The number of methoxy groups -OCH3 is 1. The van der Waals surface area contributed by atoms with Crippen LogP contribution in [-0.2, 0) is 6.42 Å². The van der Waals surface area contributed by atoms with Gasteiger partial charge < -0.3 is 9.64 Å². The minimum atomic E-state index is 0.106. The number of amides is 1. The number of nitrogens with zero attached hydrogens (tertiary/aromatic N) is 1. The number of rotatable bonds is 5. The molecule has 1 heterocycles. The van der Waals surface area contributed by atoms with Crippen molar-refractivity contribution in [2.24, 2.45) is 0 Å². The molecule has 23 heavy (non-hydrogen) atoms. The van der Waals surface area contributed by atoms with Crippen LogP contribution in [0.25, 0.3) is 0 Å². The van der Waals surface area contributed by atoms with Crippen molar-refractivity contribution >= 4 is 5.91 Å². The summed E-state index contributed by atoms with van der Waals surface area (Å²) in [6.45, 7) is 2.96. The van der Waals surface area contributed by atoms with E-state index in [1.165, 1.54) is 5.56 Å². The minimum absolute atomic E-state index is 0.106. The lowest BCUT2D eigenvalue weighted by molar-refractivity contribution is 0.0644. The highest BCUT2D eigenvalue weighted by Gasteiger charge is 2.32. The van der Waals surface area contributed by atoms with Crippen LogP contribution in [0.3, 0.4) is 0 Å². The molecule has 2 aromatic carbocycles. The van der Waals surface area contributed by atoms with Crippen LogP contribution in [0.4, 0.5) is 0 Å². The van der Waals surface area contributed by atoms with Gasteiger partial charge in [0.2, 0.25) is 0 Å². The molecule has 2 aromatic rings. The highest BCUT2D eigenvalue weighted by molar-refractivity contribution is 5.97. The number of fused-ring (bicyclic) bond motifs is 1. The molecule has 1 unspecified atom stereocenters. The largest absolute Gasteiger partial charge is 0.497 e. The first kappa shape index (κ1) is 15.6. The van der Waals surface area contributed by atoms with Gasteiger partial charge in [0.1, 0.15) is 5.75 Å². The standard InChI is InChI=1S/C20H23NO2/c1-3-4-13-21-19(15-9-11-17(23-2)12-10-15)14-16-7-5-6-8-18(16)20(21)22/h5-12,19H,3-4,13-14H2,1-2H3. The van der Waals surface area contributed by atoms with E-state index in [9.17, 15) is 4.79 Å². The number of carbonyl (C=O) groups is 1. The number of unbranched alkanes of at least 4 members (excludes halogenated alkanes) is 1. The fourth-order valence-corrected chi connectivity index (χ4v) is 3.23. The summed E-state index contributed by atoms with van der Waals surface area (Å²) in [4.78, 5) is 15.0. The van der Waals surface area contributed by atoms with E-state index in [0.29, 0.717) is 0 Å². The van der Waals surface area contributed by atoms with Crippen LogP contribution >= 0.6 is 0 Å². The second-order valence-corrected chi connectivity index (χ2v) is 6.00. The Morgan fingerprint density at radius 2 is 1.87 bits per heavy atom. The van der Waals surface area contributed by atoms with Crippen molar-refractivity contribution in [2.45, 2.75) is 32.2 Å². The van der Waals surface area contributed by atoms with Gasteiger partial charge in [0.05, 0.1) is 13.2 Å². The Balaban J connectivity index is 1.96. The van der Waals surface area contributed by atoms with Crippen molar-refractivity contribution in [1.82, 2.24) is 4.90 Å². The number of carbonyl (C=O) groups excluding carboxylic acids is 1. The normalized spacial score (nSPS) is 17.0. The fourth-order valence-electron chi connectivity index (χ4n) is 3.23. The summed E-state index contributed by atoms with van der Waals surface area (Å²) < 4.78 is 5.25. The molecule has 3 nitrogen and oxygen atoms in total. The SMILES string of the molecule is CCCCN1C(=O)c2ccccc2CC1c1ccc(OC)cc1. The highest BCUT2D eigenvalue weighted by atomic mass is 16.5. The van der Waals surface area contributed by atoms with Gasteiger partial charge >= 0.3 is 0 Å². The fraction of sp³-hybridized carbons (Fsp3) is 0.350. The van der Waals surface area contributed by atoms with Crippen LogP contribution in [0.1, 0.15) is 47.3 Å². The lowest BCUT2D eigenvalue weighted by atomic mass is 9.89. The summed E-state index contributed by atoms with van der Waals surface area (Å²) in [6.07, 6.45) is 2.99. The van der Waals surface area contributed by atoms with Gasteiger partial charge in [0.15, 0.2) is 0 Å². The lowest BCUT2D eigenvalue weighted by Crippen LogP contribution is -2.40. The number of benzene rings is 2. The summed E-state index contributed by atoms with van der Waals surface area (Å²) in [5.41, 5.74) is 3.17. The van der Waals surface area contributed by atoms with Crippen LogP contribution in [0.15, 0.2) is 48.5 Å². The maximum Gasteiger partial charge on any atom is 0.254 e. The van der Waals surface area contributed by atoms with Crippen LogP contribution in [0.2, 0.25) is 0 Å². The predicted molar refractivity (Wildman–Crippen MR) is 91.8 cm³/mol. The highest BCUT2D eigenvalue weighted by Crippen LogP contribution is 2.34. The first-order valence-electron chi connectivity index (χ1n) is 8.27. The van der Waals surface area contributed by atoms with E-state index in [1.807, 2.05) is 35.2 Å². The zero-order valence-corrected chi connectivity index (χ0v) is 13.8. The van der Waals surface area contributed by atoms with Gasteiger partial charge in [-0.05, 0) is 42.2 Å². The number of ether oxygens (including phenoxy) is 1. The van der Waals surface area contributed by atoms with E-state index in [4.69, 9.17) is 4.74 Å². The third kappa shape index (κ3) is 3.09. The molecule has 3 rings (SSSR count). The van der Waals surface area contributed by atoms with E-state index in [1.54, 1.807) is 7.11 Å². The molecule has 0 radical (unpaired) electrons. The first-order valence-corrected chi connectivity index (χ1v) is 8.27. The molecule has 1 aliphatic heterocycles. The molecule has 0 aliphatic carbocycles. The van der Waals surface area contributed by atoms with Crippen LogP contribution in [0, 0.1) is 0 Å². The molecule has 1 atom stereocenters. The average molecular weight is 309 g/mol. The van der Waals surface area contributed by atoms with Gasteiger partial charge in [-0.2, -0.15) is 0 Å². The molecule has 0 aromatic heterocycles. The molecule has 0 N–H and O–H groups in total. The van der Waals surface area contributed by atoms with Gasteiger partial charge in [-0.1, -0.05) is 43.7 Å². The summed E-state index contributed by atoms with van der Waals surface area (Å²) in [5.74, 6) is 0.998. The Bertz CT molecular complexity index is 678. The molecule has 0 saturated heterocycles. The van der Waals surface area contributed by atoms with Crippen molar-refractivity contribution in [3.05, 3.63) is 65.2 Å². The zero-order valence-electron chi connectivity index (χ0n) is 13.8. The molecule has 0 saturated carbocycles. The third-order valence-corrected chi connectivity index (χ3v) is 4.55. The molecular formula is C20H23NO2. The topological polar surface area (TPSA) is 29.5 Å². The first-order chi connectivity index (χ1) is 11.2. The minimum Gasteiger partial charge on any atom is -0.497 e. The molecule has 0 fully saturated rings. The molecule has 0 spiro atoms. The molecule has 120 valence electrons. The summed E-state index contributed by atoms with van der Waals surface area (Å²) >= 11 is 0. The molecule has 3 heteroatoms. The zero-order chi connectivity index (χ0) is 16.2. The summed E-state index contributed by atoms with van der Waals surface area (Å²) in [5, 5.41) is 0. The van der Waals surface area contributed by atoms with E-state index < -0.39 is 0 Å². The third-order valence-electron chi connectivity index (χ3n) is 4.55. The van der Waals surface area contributed by atoms with Crippen LogP contribution < -0.4 is 4.74 Å². The maximum atomic E-state index is 12.9.